The van der Waals surface area contributed by atoms with Crippen LogP contribution in [-0.4, -0.2) is 21.4 Å². The lowest BCUT2D eigenvalue weighted by molar-refractivity contribution is 0.0940. The summed E-state index contributed by atoms with van der Waals surface area (Å²) in [6.45, 7) is 7.95. The molecule has 3 aromatic rings. The molecule has 162 valence electrons. The third-order valence-corrected chi connectivity index (χ3v) is 7.35. The van der Waals surface area contributed by atoms with Gasteiger partial charge in [-0.05, 0) is 80.8 Å². The van der Waals surface area contributed by atoms with Gasteiger partial charge >= 0.3 is 0 Å². The Morgan fingerprint density at radius 1 is 0.871 bits per heavy atom. The third-order valence-electron chi connectivity index (χ3n) is 5.55. The first-order chi connectivity index (χ1) is 14.6. The van der Waals surface area contributed by atoms with Crippen LogP contribution < -0.4 is 9.62 Å². The molecule has 0 fully saturated rings. The Balaban J connectivity index is 1.73. The van der Waals surface area contributed by atoms with Gasteiger partial charge in [0.05, 0.1) is 16.6 Å². The molecule has 1 amide bonds. The smallest absolute Gasteiger partial charge is 0.264 e. The van der Waals surface area contributed by atoms with E-state index in [1.54, 1.807) is 48.5 Å². The number of carbonyl (C=O) groups is 1. The molecule has 6 heteroatoms. The van der Waals surface area contributed by atoms with Gasteiger partial charge in [-0.2, -0.15) is 0 Å². The summed E-state index contributed by atoms with van der Waals surface area (Å²) in [7, 11) is -2.17. The SMILES string of the molecule is Cc1ccc(S(=O)(=O)N(C)c2ccc(C(=O)N[C@H](C)c3ccc(C)c(C)c3)cc2)cc1. The van der Waals surface area contributed by atoms with E-state index in [0.717, 1.165) is 11.1 Å². The van der Waals surface area contributed by atoms with E-state index < -0.39 is 10.0 Å². The number of hydrogen-bond acceptors (Lipinski definition) is 3. The fourth-order valence-corrected chi connectivity index (χ4v) is 4.42. The third kappa shape index (κ3) is 4.97. The van der Waals surface area contributed by atoms with E-state index in [9.17, 15) is 13.2 Å². The molecule has 0 heterocycles. The van der Waals surface area contributed by atoms with Crippen molar-refractivity contribution in [3.05, 3.63) is 94.5 Å². The highest BCUT2D eigenvalue weighted by molar-refractivity contribution is 7.92. The van der Waals surface area contributed by atoms with Crippen LogP contribution in [0.2, 0.25) is 0 Å². The lowest BCUT2D eigenvalue weighted by Crippen LogP contribution is -2.28. The van der Waals surface area contributed by atoms with E-state index in [1.807, 2.05) is 32.9 Å². The predicted molar refractivity (Wildman–Crippen MR) is 125 cm³/mol. The topological polar surface area (TPSA) is 66.5 Å². The molecule has 0 radical (unpaired) electrons. The molecule has 0 unspecified atom stereocenters. The molecule has 0 saturated heterocycles. The van der Waals surface area contributed by atoms with Crippen LogP contribution in [0.3, 0.4) is 0 Å². The van der Waals surface area contributed by atoms with Gasteiger partial charge in [0, 0.05) is 12.6 Å². The Labute approximate surface area is 184 Å². The number of carbonyl (C=O) groups excluding carboxylic acids is 1. The molecule has 0 aliphatic heterocycles. The van der Waals surface area contributed by atoms with Crippen LogP contribution in [0.15, 0.2) is 71.6 Å². The van der Waals surface area contributed by atoms with E-state index >= 15 is 0 Å². The van der Waals surface area contributed by atoms with Gasteiger partial charge in [0.15, 0.2) is 0 Å². The molecule has 3 rings (SSSR count). The van der Waals surface area contributed by atoms with Crippen LogP contribution >= 0.6 is 0 Å². The lowest BCUT2D eigenvalue weighted by atomic mass is 10.0. The summed E-state index contributed by atoms with van der Waals surface area (Å²) >= 11 is 0. The molecule has 31 heavy (non-hydrogen) atoms. The van der Waals surface area contributed by atoms with Crippen LogP contribution in [0.25, 0.3) is 0 Å². The van der Waals surface area contributed by atoms with E-state index in [4.69, 9.17) is 0 Å². The molecule has 0 spiro atoms. The van der Waals surface area contributed by atoms with Crippen LogP contribution in [0, 0.1) is 20.8 Å². The lowest BCUT2D eigenvalue weighted by Gasteiger charge is -2.20. The maximum atomic E-state index is 12.9. The first-order valence-corrected chi connectivity index (χ1v) is 11.6. The number of nitrogens with one attached hydrogen (secondary N) is 1. The first-order valence-electron chi connectivity index (χ1n) is 10.1. The molecule has 0 aliphatic rings. The average molecular weight is 437 g/mol. The van der Waals surface area contributed by atoms with E-state index in [0.29, 0.717) is 11.3 Å². The van der Waals surface area contributed by atoms with Crippen molar-refractivity contribution in [1.82, 2.24) is 5.32 Å². The number of nitrogens with zero attached hydrogens (tertiary/aromatic N) is 1. The molecule has 3 aromatic carbocycles. The van der Waals surface area contributed by atoms with Gasteiger partial charge in [0.2, 0.25) is 0 Å². The molecule has 0 aliphatic carbocycles. The molecule has 1 atom stereocenters. The van der Waals surface area contributed by atoms with Crippen molar-refractivity contribution in [1.29, 1.82) is 0 Å². The molecular weight excluding hydrogens is 408 g/mol. The molecule has 5 nitrogen and oxygen atoms in total. The first kappa shape index (κ1) is 22.6. The van der Waals surface area contributed by atoms with Crippen molar-refractivity contribution in [3.8, 4) is 0 Å². The van der Waals surface area contributed by atoms with Crippen LogP contribution in [-0.2, 0) is 10.0 Å². The van der Waals surface area contributed by atoms with Gasteiger partial charge in [-0.15, -0.1) is 0 Å². The van der Waals surface area contributed by atoms with Gasteiger partial charge in [0.25, 0.3) is 15.9 Å². The average Bonchev–Trinajstić information content (AvgIpc) is 2.75. The van der Waals surface area contributed by atoms with Gasteiger partial charge < -0.3 is 5.32 Å². The second kappa shape index (κ2) is 8.94. The highest BCUT2D eigenvalue weighted by Crippen LogP contribution is 2.23. The fourth-order valence-electron chi connectivity index (χ4n) is 3.23. The maximum Gasteiger partial charge on any atom is 0.264 e. The second-order valence-electron chi connectivity index (χ2n) is 7.87. The number of benzene rings is 3. The quantitative estimate of drug-likeness (QED) is 0.596. The molecule has 0 saturated carbocycles. The number of sulfonamides is 1. The van der Waals surface area contributed by atoms with Crippen molar-refractivity contribution in [2.75, 3.05) is 11.4 Å². The van der Waals surface area contributed by atoms with Gasteiger partial charge in [-0.3, -0.25) is 9.10 Å². The summed E-state index contributed by atoms with van der Waals surface area (Å²) in [4.78, 5) is 12.9. The zero-order valence-corrected chi connectivity index (χ0v) is 19.3. The van der Waals surface area contributed by atoms with Crippen molar-refractivity contribution in [2.45, 2.75) is 38.6 Å². The zero-order chi connectivity index (χ0) is 22.8. The van der Waals surface area contributed by atoms with Crippen molar-refractivity contribution < 1.29 is 13.2 Å². The predicted octanol–water partition coefficient (Wildman–Crippen LogP) is 4.93. The van der Waals surface area contributed by atoms with Crippen molar-refractivity contribution in [2.24, 2.45) is 0 Å². The summed E-state index contributed by atoms with van der Waals surface area (Å²) in [6, 6.07) is 19.3. The summed E-state index contributed by atoms with van der Waals surface area (Å²) in [6.07, 6.45) is 0. The van der Waals surface area contributed by atoms with E-state index in [1.165, 1.54) is 22.5 Å². The van der Waals surface area contributed by atoms with Crippen molar-refractivity contribution >= 4 is 21.6 Å². The summed E-state index contributed by atoms with van der Waals surface area (Å²) in [5.41, 5.74) is 5.38. The largest absolute Gasteiger partial charge is 0.346 e. The number of amides is 1. The number of rotatable bonds is 6. The van der Waals surface area contributed by atoms with E-state index in [-0.39, 0.29) is 16.8 Å². The van der Waals surface area contributed by atoms with E-state index in [2.05, 4.69) is 18.3 Å². The molecule has 0 bridgehead atoms. The minimum atomic E-state index is -3.67. The summed E-state index contributed by atoms with van der Waals surface area (Å²) in [5.74, 6) is -0.207. The fraction of sp³-hybridized carbons (Fsp3) is 0.240. The Kier molecular flexibility index (Phi) is 6.51. The zero-order valence-electron chi connectivity index (χ0n) is 18.5. The Morgan fingerprint density at radius 2 is 1.48 bits per heavy atom. The molecular formula is C25H28N2O3S. The standard InChI is InChI=1S/C25H28N2O3S/c1-17-6-14-24(15-7-17)31(29,30)27(5)23-12-10-21(11-13-23)25(28)26-20(4)22-9-8-18(2)19(3)16-22/h6-16,20H,1-5H3,(H,26,28)/t20-/m1/s1. The van der Waals surface area contributed by atoms with Crippen LogP contribution in [0.4, 0.5) is 5.69 Å². The monoisotopic (exact) mass is 436 g/mol. The van der Waals surface area contributed by atoms with Crippen molar-refractivity contribution in [3.63, 3.8) is 0 Å². The Hall–Kier alpha value is -3.12. The van der Waals surface area contributed by atoms with Crippen LogP contribution in [0.1, 0.15) is 45.6 Å². The highest BCUT2D eigenvalue weighted by atomic mass is 32.2. The Morgan fingerprint density at radius 3 is 2.06 bits per heavy atom. The Bertz CT molecular complexity index is 1180. The maximum absolute atomic E-state index is 12.9. The second-order valence-corrected chi connectivity index (χ2v) is 9.84. The van der Waals surface area contributed by atoms with Gasteiger partial charge in [-0.25, -0.2) is 8.42 Å². The number of anilines is 1. The van der Waals surface area contributed by atoms with Gasteiger partial charge in [0.1, 0.15) is 0 Å². The normalized spacial score (nSPS) is 12.3. The summed E-state index contributed by atoms with van der Waals surface area (Å²) in [5, 5.41) is 3.00. The minimum Gasteiger partial charge on any atom is -0.346 e. The number of aryl methyl sites for hydroxylation is 3. The number of hydrogen-bond donors (Lipinski definition) is 1. The van der Waals surface area contributed by atoms with Gasteiger partial charge in [-0.1, -0.05) is 35.9 Å². The minimum absolute atomic E-state index is 0.143. The molecule has 1 N–H and O–H groups in total. The van der Waals surface area contributed by atoms with Crippen LogP contribution in [0.5, 0.6) is 0 Å². The highest BCUT2D eigenvalue weighted by Gasteiger charge is 2.21. The summed E-state index contributed by atoms with van der Waals surface area (Å²) < 4.78 is 26.9. The molecule has 0 aromatic heterocycles.